The van der Waals surface area contributed by atoms with Crippen LogP contribution < -0.4 is 14.9 Å². The minimum atomic E-state index is -1.74. The molecule has 3 heterocycles. The molecule has 2 saturated heterocycles. The highest BCUT2D eigenvalue weighted by Crippen LogP contribution is 2.38. The zero-order valence-corrected chi connectivity index (χ0v) is 20.9. The van der Waals surface area contributed by atoms with Crippen LogP contribution in [0.3, 0.4) is 0 Å². The largest absolute Gasteiger partial charge is 0.508 e. The van der Waals surface area contributed by atoms with Crippen molar-refractivity contribution in [1.82, 2.24) is 0 Å². The molecular formula is C26H28O14. The first kappa shape index (κ1) is 28.1. The molecule has 3 aromatic rings. The number of ether oxygens (including phenoxy) is 4. The standard InChI is InChI=1S/C26H28O14/c1-9-17(30)20(33)22(35)26(37-9)38-12-6-13(28)16-15(7-12)39-23(10-2-4-11(27)5-3-10)24(19(16)32)40-25-21(34)18(31)14(29)8-36-25/h2-7,9,14,17-18,20-22,25-31,33-35H,8H2,1H3/t9?,14-,17+,18?,20+,21?,22?,25+,26+/m1/s1. The van der Waals surface area contributed by atoms with Gasteiger partial charge in [-0.1, -0.05) is 0 Å². The molecule has 4 unspecified atom stereocenters. The maximum Gasteiger partial charge on any atom is 0.239 e. The molecule has 14 nitrogen and oxygen atoms in total. The first-order chi connectivity index (χ1) is 19.0. The summed E-state index contributed by atoms with van der Waals surface area (Å²) in [6, 6.07) is 7.69. The lowest BCUT2D eigenvalue weighted by atomic mass is 10.00. The van der Waals surface area contributed by atoms with Crippen LogP contribution in [0.15, 0.2) is 45.6 Å². The number of phenols is 2. The Morgan fingerprint density at radius 1 is 0.825 bits per heavy atom. The molecule has 216 valence electrons. The van der Waals surface area contributed by atoms with Crippen molar-refractivity contribution in [2.75, 3.05) is 6.61 Å². The zero-order chi connectivity index (χ0) is 28.9. The van der Waals surface area contributed by atoms with Crippen LogP contribution in [0.5, 0.6) is 23.0 Å². The lowest BCUT2D eigenvalue weighted by Gasteiger charge is -2.38. The van der Waals surface area contributed by atoms with Crippen LogP contribution in [-0.2, 0) is 9.47 Å². The molecule has 2 aliphatic rings. The van der Waals surface area contributed by atoms with E-state index in [-0.39, 0.29) is 33.8 Å². The van der Waals surface area contributed by atoms with Crippen molar-refractivity contribution in [1.29, 1.82) is 0 Å². The summed E-state index contributed by atoms with van der Waals surface area (Å²) in [5.41, 5.74) is -0.860. The maximum atomic E-state index is 13.6. The van der Waals surface area contributed by atoms with Crippen LogP contribution >= 0.6 is 0 Å². The third-order valence-electron chi connectivity index (χ3n) is 6.78. The Bertz CT molecular complexity index is 1420. The van der Waals surface area contributed by atoms with Crippen LogP contribution in [-0.4, -0.2) is 103 Å². The van der Waals surface area contributed by atoms with Crippen molar-refractivity contribution in [2.45, 2.75) is 62.2 Å². The molecule has 0 amide bonds. The van der Waals surface area contributed by atoms with E-state index in [1.807, 2.05) is 0 Å². The summed E-state index contributed by atoms with van der Waals surface area (Å²) in [5, 5.41) is 80.5. The summed E-state index contributed by atoms with van der Waals surface area (Å²) in [4.78, 5) is 13.6. The van der Waals surface area contributed by atoms with E-state index in [1.165, 1.54) is 37.3 Å². The number of rotatable bonds is 5. The SMILES string of the molecule is CC1O[C@@H](Oc2cc(O)c3c(=O)c(O[C@@H]4OC[C@@H](O)C(O)C4O)c(-c4ccc(O)cc4)oc3c2)C(O)[C@@H](O)[C@H]1O. The number of aliphatic hydroxyl groups excluding tert-OH is 6. The molecule has 14 heteroatoms. The smallest absolute Gasteiger partial charge is 0.239 e. The van der Waals surface area contributed by atoms with E-state index in [0.29, 0.717) is 0 Å². The van der Waals surface area contributed by atoms with Crippen LogP contribution in [0.1, 0.15) is 6.92 Å². The Balaban J connectivity index is 1.58. The van der Waals surface area contributed by atoms with Gasteiger partial charge < -0.3 is 64.2 Å². The Morgan fingerprint density at radius 2 is 1.50 bits per heavy atom. The monoisotopic (exact) mass is 564 g/mol. The Morgan fingerprint density at radius 3 is 2.20 bits per heavy atom. The summed E-state index contributed by atoms with van der Waals surface area (Å²) in [5.74, 6) is -1.54. The van der Waals surface area contributed by atoms with Gasteiger partial charge in [0.15, 0.2) is 5.76 Å². The van der Waals surface area contributed by atoms with Crippen LogP contribution in [0.25, 0.3) is 22.3 Å². The summed E-state index contributed by atoms with van der Waals surface area (Å²) < 4.78 is 27.9. The summed E-state index contributed by atoms with van der Waals surface area (Å²) in [6.45, 7) is 1.06. The van der Waals surface area contributed by atoms with E-state index in [1.54, 1.807) is 0 Å². The normalized spacial score (nSPS) is 32.6. The van der Waals surface area contributed by atoms with E-state index in [0.717, 1.165) is 6.07 Å². The molecule has 1 aromatic heterocycles. The molecular weight excluding hydrogens is 536 g/mol. The summed E-state index contributed by atoms with van der Waals surface area (Å²) in [7, 11) is 0. The highest BCUT2D eigenvalue weighted by molar-refractivity contribution is 5.88. The van der Waals surface area contributed by atoms with Gasteiger partial charge in [-0.3, -0.25) is 4.79 Å². The average molecular weight is 564 g/mol. The molecule has 2 fully saturated rings. The van der Waals surface area contributed by atoms with Crippen molar-refractivity contribution in [3.63, 3.8) is 0 Å². The fourth-order valence-electron chi connectivity index (χ4n) is 4.48. The van der Waals surface area contributed by atoms with E-state index in [4.69, 9.17) is 23.4 Å². The second-order valence-electron chi connectivity index (χ2n) is 9.62. The maximum absolute atomic E-state index is 13.6. The number of phenolic OH excluding ortho intramolecular Hbond substituents is 2. The van der Waals surface area contributed by atoms with Crippen LogP contribution in [0, 0.1) is 0 Å². The quantitative estimate of drug-likeness (QED) is 0.184. The van der Waals surface area contributed by atoms with Gasteiger partial charge in [0.05, 0.1) is 12.7 Å². The molecule has 8 N–H and O–H groups in total. The van der Waals surface area contributed by atoms with E-state index < -0.39 is 78.8 Å². The lowest BCUT2D eigenvalue weighted by molar-refractivity contribution is -0.268. The summed E-state index contributed by atoms with van der Waals surface area (Å²) >= 11 is 0. The van der Waals surface area contributed by atoms with Gasteiger partial charge in [0.2, 0.25) is 23.8 Å². The van der Waals surface area contributed by atoms with E-state index in [9.17, 15) is 45.6 Å². The minimum absolute atomic E-state index is 0.0848. The van der Waals surface area contributed by atoms with Gasteiger partial charge in [-0.2, -0.15) is 0 Å². The van der Waals surface area contributed by atoms with Gasteiger partial charge in [-0.25, -0.2) is 0 Å². The summed E-state index contributed by atoms with van der Waals surface area (Å²) in [6.07, 6.45) is -13.3. The topological polar surface area (TPSA) is 229 Å². The zero-order valence-electron chi connectivity index (χ0n) is 20.9. The Labute approximate surface area is 225 Å². The van der Waals surface area contributed by atoms with Crippen molar-refractivity contribution in [2.24, 2.45) is 0 Å². The number of aromatic hydroxyl groups is 2. The van der Waals surface area contributed by atoms with Crippen molar-refractivity contribution < 1.29 is 64.2 Å². The van der Waals surface area contributed by atoms with Gasteiger partial charge in [0.25, 0.3) is 0 Å². The first-order valence-corrected chi connectivity index (χ1v) is 12.3. The molecule has 40 heavy (non-hydrogen) atoms. The Hall–Kier alpha value is -3.47. The molecule has 0 aliphatic carbocycles. The van der Waals surface area contributed by atoms with E-state index in [2.05, 4.69) is 0 Å². The first-order valence-electron chi connectivity index (χ1n) is 12.3. The molecule has 0 radical (unpaired) electrons. The number of fused-ring (bicyclic) bond motifs is 1. The van der Waals surface area contributed by atoms with E-state index >= 15 is 0 Å². The molecule has 9 atom stereocenters. The number of aliphatic hydroxyl groups is 6. The lowest BCUT2D eigenvalue weighted by Crippen LogP contribution is -2.58. The average Bonchev–Trinajstić information content (AvgIpc) is 2.92. The third kappa shape index (κ3) is 5.07. The third-order valence-corrected chi connectivity index (χ3v) is 6.78. The fraction of sp³-hybridized carbons (Fsp3) is 0.423. The van der Waals surface area contributed by atoms with Crippen LogP contribution in [0.2, 0.25) is 0 Å². The Kier molecular flexibility index (Phi) is 7.60. The van der Waals surface area contributed by atoms with Crippen molar-refractivity contribution in [3.05, 3.63) is 46.6 Å². The van der Waals surface area contributed by atoms with Gasteiger partial charge >= 0.3 is 0 Å². The number of hydrogen-bond donors (Lipinski definition) is 8. The fourth-order valence-corrected chi connectivity index (χ4v) is 4.48. The molecule has 0 saturated carbocycles. The molecule has 0 spiro atoms. The highest BCUT2D eigenvalue weighted by Gasteiger charge is 2.43. The van der Waals surface area contributed by atoms with Gasteiger partial charge in [-0.15, -0.1) is 0 Å². The number of hydrogen-bond acceptors (Lipinski definition) is 14. The molecule has 2 aliphatic heterocycles. The molecule has 5 rings (SSSR count). The molecule has 0 bridgehead atoms. The highest BCUT2D eigenvalue weighted by atomic mass is 16.7. The second-order valence-corrected chi connectivity index (χ2v) is 9.62. The molecule has 2 aromatic carbocycles. The number of benzene rings is 2. The predicted octanol–water partition coefficient (Wildman–Crippen LogP) is -1.10. The minimum Gasteiger partial charge on any atom is -0.508 e. The van der Waals surface area contributed by atoms with Gasteiger partial charge in [-0.05, 0) is 31.2 Å². The van der Waals surface area contributed by atoms with Gasteiger partial charge in [0.1, 0.15) is 64.8 Å². The van der Waals surface area contributed by atoms with Crippen molar-refractivity contribution in [3.8, 4) is 34.3 Å². The predicted molar refractivity (Wildman–Crippen MR) is 133 cm³/mol. The van der Waals surface area contributed by atoms with Crippen molar-refractivity contribution >= 4 is 11.0 Å². The second kappa shape index (κ2) is 10.8. The van der Waals surface area contributed by atoms with Gasteiger partial charge in [0, 0.05) is 17.7 Å². The van der Waals surface area contributed by atoms with Crippen LogP contribution in [0.4, 0.5) is 0 Å².